The molecule has 0 radical (unpaired) electrons. The summed E-state index contributed by atoms with van der Waals surface area (Å²) in [6.45, 7) is 17.4. The van der Waals surface area contributed by atoms with Crippen molar-refractivity contribution in [2.24, 2.45) is 0 Å². The zero-order chi connectivity index (χ0) is 13.0. The lowest BCUT2D eigenvalue weighted by Gasteiger charge is -2.39. The maximum atomic E-state index is 6.39. The van der Waals surface area contributed by atoms with E-state index >= 15 is 0 Å². The van der Waals surface area contributed by atoms with E-state index in [1.165, 1.54) is 5.57 Å². The predicted molar refractivity (Wildman–Crippen MR) is 84.7 cm³/mol. The quantitative estimate of drug-likeness (QED) is 0.371. The normalized spacial score (nSPS) is 16.1. The lowest BCUT2D eigenvalue weighted by atomic mass is 10.1. The number of rotatable bonds is 5. The topological polar surface area (TPSA) is 9.23 Å². The van der Waals surface area contributed by atoms with Gasteiger partial charge in [0.1, 0.15) is 0 Å². The first kappa shape index (κ1) is 16.4. The van der Waals surface area contributed by atoms with Crippen LogP contribution in [0.4, 0.5) is 0 Å². The van der Waals surface area contributed by atoms with Crippen LogP contribution in [0, 0.1) is 0 Å². The Morgan fingerprint density at radius 2 is 1.94 bits per heavy atom. The zero-order valence-electron chi connectivity index (χ0n) is 11.4. The van der Waals surface area contributed by atoms with Gasteiger partial charge in [0.25, 0.3) is 0 Å². The molecule has 0 aliphatic rings. The third-order valence-corrected chi connectivity index (χ3v) is 8.77. The molecule has 0 amide bonds. The number of hydrogen-bond donors (Lipinski definition) is 0. The van der Waals surface area contributed by atoms with Crippen molar-refractivity contribution < 1.29 is 4.43 Å². The van der Waals surface area contributed by atoms with Crippen molar-refractivity contribution in [3.63, 3.8) is 0 Å². The smallest absolute Gasteiger partial charge is 0.192 e. The largest absolute Gasteiger partial charge is 0.410 e. The van der Waals surface area contributed by atoms with Crippen molar-refractivity contribution >= 4 is 30.9 Å². The van der Waals surface area contributed by atoms with Crippen molar-refractivity contribution in [2.45, 2.75) is 58.4 Å². The molecule has 0 spiro atoms. The van der Waals surface area contributed by atoms with Crippen molar-refractivity contribution in [3.8, 4) is 0 Å². The van der Waals surface area contributed by atoms with Gasteiger partial charge < -0.3 is 4.43 Å². The predicted octanol–water partition coefficient (Wildman–Crippen LogP) is 5.29. The monoisotopic (exact) mass is 352 g/mol. The summed E-state index contributed by atoms with van der Waals surface area (Å²) in [5, 5.41) is 0.262. The molecule has 0 saturated carbocycles. The lowest BCUT2D eigenvalue weighted by Crippen LogP contribution is -2.44. The highest BCUT2D eigenvalue weighted by atomic mass is 127. The highest BCUT2D eigenvalue weighted by Crippen LogP contribution is 2.38. The van der Waals surface area contributed by atoms with Crippen LogP contribution < -0.4 is 0 Å². The summed E-state index contributed by atoms with van der Waals surface area (Å²) < 4.78 is 8.50. The summed E-state index contributed by atoms with van der Waals surface area (Å²) in [4.78, 5) is 0. The molecule has 0 heterocycles. The second-order valence-electron chi connectivity index (χ2n) is 5.74. The van der Waals surface area contributed by atoms with Crippen LogP contribution >= 0.6 is 22.6 Å². The van der Waals surface area contributed by atoms with Crippen LogP contribution in [0.25, 0.3) is 0 Å². The van der Waals surface area contributed by atoms with Crippen molar-refractivity contribution in [2.75, 3.05) is 0 Å². The Balaban J connectivity index is 4.82. The van der Waals surface area contributed by atoms with Crippen LogP contribution in [0.2, 0.25) is 18.1 Å². The van der Waals surface area contributed by atoms with E-state index in [-0.39, 0.29) is 11.1 Å². The van der Waals surface area contributed by atoms with Gasteiger partial charge in [0.15, 0.2) is 8.32 Å². The molecule has 0 aliphatic carbocycles. The van der Waals surface area contributed by atoms with E-state index in [1.54, 1.807) is 0 Å². The van der Waals surface area contributed by atoms with Crippen LogP contribution in [0.3, 0.4) is 0 Å². The molecule has 0 N–H and O–H groups in total. The van der Waals surface area contributed by atoms with Gasteiger partial charge in [-0.1, -0.05) is 49.4 Å². The average molecular weight is 352 g/mol. The molecular weight excluding hydrogens is 327 g/mol. The molecule has 1 atom stereocenters. The molecule has 0 aromatic heterocycles. The minimum Gasteiger partial charge on any atom is -0.410 e. The minimum atomic E-state index is -1.68. The van der Waals surface area contributed by atoms with Crippen LogP contribution in [-0.2, 0) is 4.43 Å². The minimum absolute atomic E-state index is 0.204. The van der Waals surface area contributed by atoms with Gasteiger partial charge in [-0.25, -0.2) is 0 Å². The summed E-state index contributed by atoms with van der Waals surface area (Å²) in [6.07, 6.45) is 3.05. The highest BCUT2D eigenvalue weighted by Gasteiger charge is 2.39. The second-order valence-corrected chi connectivity index (χ2v) is 11.1. The second kappa shape index (κ2) is 6.35. The molecule has 3 heteroatoms. The fourth-order valence-corrected chi connectivity index (χ4v) is 2.83. The number of halogens is 1. The van der Waals surface area contributed by atoms with Crippen molar-refractivity contribution in [1.82, 2.24) is 0 Å². The van der Waals surface area contributed by atoms with Crippen molar-refractivity contribution in [3.05, 3.63) is 22.3 Å². The van der Waals surface area contributed by atoms with Gasteiger partial charge >= 0.3 is 0 Å². The Bertz CT molecular complexity index is 264. The molecule has 0 fully saturated rings. The summed E-state index contributed by atoms with van der Waals surface area (Å²) in [5.74, 6) is 0. The van der Waals surface area contributed by atoms with Crippen molar-refractivity contribution in [1.29, 1.82) is 0 Å². The summed E-state index contributed by atoms with van der Waals surface area (Å²) in [5.41, 5.74) is 1.30. The molecule has 0 bridgehead atoms. The first-order valence-corrected chi connectivity index (χ1v) is 9.86. The Kier molecular flexibility index (Phi) is 6.51. The lowest BCUT2D eigenvalue weighted by molar-refractivity contribution is 0.217. The molecule has 0 unspecified atom stereocenters. The third-order valence-electron chi connectivity index (χ3n) is 3.30. The average Bonchev–Trinajstić information content (AvgIpc) is 2.14. The highest BCUT2D eigenvalue weighted by molar-refractivity contribution is 14.1. The SMILES string of the molecule is C=CC[C@H](O[Si](C)(C)C(C)(C)C)/C(C)=C/I. The van der Waals surface area contributed by atoms with Crippen LogP contribution in [0.15, 0.2) is 22.3 Å². The summed E-state index contributed by atoms with van der Waals surface area (Å²) in [7, 11) is -1.68. The Labute approximate surface area is 116 Å². The van der Waals surface area contributed by atoms with Gasteiger partial charge in [0.05, 0.1) is 6.10 Å². The van der Waals surface area contributed by atoms with Gasteiger partial charge in [-0.2, -0.15) is 0 Å². The Morgan fingerprint density at radius 1 is 1.44 bits per heavy atom. The maximum Gasteiger partial charge on any atom is 0.192 e. The fraction of sp³-hybridized carbons (Fsp3) is 0.692. The molecule has 16 heavy (non-hydrogen) atoms. The molecule has 94 valence electrons. The maximum absolute atomic E-state index is 6.39. The molecular formula is C13H25IOSi. The molecule has 0 aliphatic heterocycles. The summed E-state index contributed by atoms with van der Waals surface area (Å²) >= 11 is 2.28. The van der Waals surface area contributed by atoms with Crippen LogP contribution in [-0.4, -0.2) is 14.4 Å². The standard InChI is InChI=1S/C13H25IOSi/c1-8-9-12(11(2)10-14)15-16(6,7)13(3,4)5/h8,10,12H,1,9H2,2-7H3/b11-10+/t12-/m0/s1. The van der Waals surface area contributed by atoms with E-state index in [9.17, 15) is 0 Å². The van der Waals surface area contributed by atoms with E-state index in [2.05, 4.69) is 74.0 Å². The molecule has 1 nitrogen and oxygen atoms in total. The van der Waals surface area contributed by atoms with E-state index in [1.807, 2.05) is 6.08 Å². The molecule has 0 aromatic rings. The van der Waals surface area contributed by atoms with E-state index in [4.69, 9.17) is 4.43 Å². The van der Waals surface area contributed by atoms with Gasteiger partial charge in [-0.05, 0) is 41.1 Å². The number of hydrogen-bond acceptors (Lipinski definition) is 1. The van der Waals surface area contributed by atoms with E-state index < -0.39 is 8.32 Å². The van der Waals surface area contributed by atoms with Gasteiger partial charge in [0, 0.05) is 0 Å². The van der Waals surface area contributed by atoms with Crippen LogP contribution in [0.1, 0.15) is 34.1 Å². The van der Waals surface area contributed by atoms with E-state index in [0.717, 1.165) is 6.42 Å². The first-order chi connectivity index (χ1) is 7.15. The molecule has 0 aromatic carbocycles. The Morgan fingerprint density at radius 3 is 2.25 bits per heavy atom. The summed E-state index contributed by atoms with van der Waals surface area (Å²) in [6, 6.07) is 0. The van der Waals surface area contributed by atoms with Gasteiger partial charge in [-0.3, -0.25) is 0 Å². The van der Waals surface area contributed by atoms with E-state index in [0.29, 0.717) is 0 Å². The molecule has 0 rings (SSSR count). The molecule has 0 saturated heterocycles. The van der Waals surface area contributed by atoms with Crippen LogP contribution in [0.5, 0.6) is 0 Å². The zero-order valence-corrected chi connectivity index (χ0v) is 14.6. The third kappa shape index (κ3) is 4.71. The fourth-order valence-electron chi connectivity index (χ4n) is 1.08. The van der Waals surface area contributed by atoms with Gasteiger partial charge in [0.2, 0.25) is 0 Å². The first-order valence-electron chi connectivity index (χ1n) is 5.71. The Hall–Kier alpha value is 0.387. The van der Waals surface area contributed by atoms with Gasteiger partial charge in [-0.15, -0.1) is 6.58 Å².